The van der Waals surface area contributed by atoms with E-state index in [1.807, 2.05) is 13.8 Å². The minimum Gasteiger partial charge on any atom is -0.337 e. The van der Waals surface area contributed by atoms with Gasteiger partial charge < -0.3 is 10.6 Å². The highest BCUT2D eigenvalue weighted by Crippen LogP contribution is 2.30. The maximum Gasteiger partial charge on any atom is 0.416 e. The van der Waals surface area contributed by atoms with E-state index in [1.54, 1.807) is 19.9 Å². The van der Waals surface area contributed by atoms with Crippen LogP contribution in [0.3, 0.4) is 0 Å². The third-order valence-corrected chi connectivity index (χ3v) is 4.07. The quantitative estimate of drug-likeness (QED) is 0.833. The number of halogens is 3. The molecule has 7 heteroatoms. The van der Waals surface area contributed by atoms with Crippen molar-refractivity contribution in [1.82, 2.24) is 10.6 Å². The average Bonchev–Trinajstić information content (AvgIpc) is 2.51. The lowest BCUT2D eigenvalue weighted by molar-refractivity contribution is -0.137. The lowest BCUT2D eigenvalue weighted by Gasteiger charge is -2.27. The first-order valence-electron chi connectivity index (χ1n) is 7.62. The normalized spacial score (nSPS) is 15.5. The molecular formula is C17H22F3N3O. The van der Waals surface area contributed by atoms with E-state index in [9.17, 15) is 23.2 Å². The monoisotopic (exact) mass is 341 g/mol. The van der Waals surface area contributed by atoms with E-state index in [2.05, 4.69) is 16.7 Å². The molecule has 1 rings (SSSR count). The van der Waals surface area contributed by atoms with Crippen LogP contribution in [0.5, 0.6) is 0 Å². The highest BCUT2D eigenvalue weighted by atomic mass is 19.4. The second kappa shape index (κ2) is 7.67. The first kappa shape index (κ1) is 20.0. The topological polar surface area (TPSA) is 64.9 Å². The van der Waals surface area contributed by atoms with Crippen LogP contribution in [-0.2, 0) is 11.0 Å². The van der Waals surface area contributed by atoms with Gasteiger partial charge in [0.2, 0.25) is 5.91 Å². The Morgan fingerprint density at radius 1 is 1.29 bits per heavy atom. The van der Waals surface area contributed by atoms with Crippen molar-refractivity contribution >= 4 is 5.91 Å². The molecule has 2 atom stereocenters. The Hall–Kier alpha value is -2.07. The molecule has 0 saturated carbocycles. The number of amides is 1. The number of nitrogens with zero attached hydrogens (tertiary/aromatic N) is 1. The molecule has 24 heavy (non-hydrogen) atoms. The molecule has 2 N–H and O–H groups in total. The number of nitrogens with one attached hydrogen (secondary N) is 2. The van der Waals surface area contributed by atoms with E-state index in [0.717, 1.165) is 12.1 Å². The molecule has 0 heterocycles. The molecule has 4 nitrogen and oxygen atoms in total. The molecule has 1 aromatic rings. The van der Waals surface area contributed by atoms with Gasteiger partial charge in [0.25, 0.3) is 0 Å². The van der Waals surface area contributed by atoms with Crippen LogP contribution in [-0.4, -0.2) is 18.0 Å². The minimum atomic E-state index is -4.40. The zero-order valence-electron chi connectivity index (χ0n) is 14.2. The van der Waals surface area contributed by atoms with E-state index >= 15 is 0 Å². The van der Waals surface area contributed by atoms with Crippen molar-refractivity contribution in [1.29, 1.82) is 5.26 Å². The summed E-state index contributed by atoms with van der Waals surface area (Å²) in [7, 11) is 0. The van der Waals surface area contributed by atoms with Gasteiger partial charge in [-0.05, 0) is 37.5 Å². The fourth-order valence-electron chi connectivity index (χ4n) is 1.98. The summed E-state index contributed by atoms with van der Waals surface area (Å²) in [4.78, 5) is 12.0. The largest absolute Gasteiger partial charge is 0.416 e. The number of carbonyl (C=O) groups is 1. The molecule has 1 aromatic carbocycles. The van der Waals surface area contributed by atoms with Crippen molar-refractivity contribution in [3.05, 3.63) is 35.4 Å². The Labute approximate surface area is 140 Å². The number of benzene rings is 1. The Kier molecular flexibility index (Phi) is 6.38. The van der Waals surface area contributed by atoms with Gasteiger partial charge in [-0.25, -0.2) is 0 Å². The molecule has 0 spiro atoms. The van der Waals surface area contributed by atoms with Crippen molar-refractivity contribution in [2.45, 2.75) is 45.5 Å². The van der Waals surface area contributed by atoms with Crippen molar-refractivity contribution < 1.29 is 18.0 Å². The van der Waals surface area contributed by atoms with Gasteiger partial charge in [0.15, 0.2) is 0 Å². The second-order valence-corrected chi connectivity index (χ2v) is 6.24. The molecule has 0 aliphatic heterocycles. The molecule has 0 bridgehead atoms. The molecule has 0 radical (unpaired) electrons. The summed E-state index contributed by atoms with van der Waals surface area (Å²) in [5, 5.41) is 14.7. The molecular weight excluding hydrogens is 319 g/mol. The van der Waals surface area contributed by atoms with Crippen molar-refractivity contribution in [3.63, 3.8) is 0 Å². The van der Waals surface area contributed by atoms with Crippen molar-refractivity contribution in [3.8, 4) is 6.07 Å². The van der Waals surface area contributed by atoms with Gasteiger partial charge in [-0.1, -0.05) is 26.0 Å². The van der Waals surface area contributed by atoms with E-state index in [-0.39, 0.29) is 18.4 Å². The number of nitriles is 1. The van der Waals surface area contributed by atoms with Gasteiger partial charge in [0.1, 0.15) is 5.54 Å². The van der Waals surface area contributed by atoms with E-state index in [4.69, 9.17) is 0 Å². The summed E-state index contributed by atoms with van der Waals surface area (Å²) < 4.78 is 38.2. The highest BCUT2D eigenvalue weighted by Gasteiger charge is 2.31. The van der Waals surface area contributed by atoms with Crippen LogP contribution < -0.4 is 10.6 Å². The van der Waals surface area contributed by atoms with Gasteiger partial charge in [-0.15, -0.1) is 0 Å². The maximum absolute atomic E-state index is 12.7. The third-order valence-electron chi connectivity index (χ3n) is 4.07. The Bertz CT molecular complexity index is 622. The number of rotatable bonds is 6. The predicted octanol–water partition coefficient (Wildman–Crippen LogP) is 3.41. The number of hydrogen-bond acceptors (Lipinski definition) is 3. The number of alkyl halides is 3. The van der Waals surface area contributed by atoms with Crippen LogP contribution in [0.1, 0.15) is 44.9 Å². The first-order valence-corrected chi connectivity index (χ1v) is 7.62. The average molecular weight is 341 g/mol. The van der Waals surface area contributed by atoms with Gasteiger partial charge in [0.05, 0.1) is 18.2 Å². The van der Waals surface area contributed by atoms with Gasteiger partial charge >= 0.3 is 6.18 Å². The molecule has 0 saturated heterocycles. The predicted molar refractivity (Wildman–Crippen MR) is 84.9 cm³/mol. The summed E-state index contributed by atoms with van der Waals surface area (Å²) in [6, 6.07) is 6.59. The standard InChI is InChI=1S/C17H22F3N3O/c1-11(2)16(4,10-21)23-15(24)9-22-12(3)13-6-5-7-14(8-13)17(18,19)20/h5-8,11-12,22H,9H2,1-4H3,(H,23,24). The van der Waals surface area contributed by atoms with Crippen molar-refractivity contribution in [2.75, 3.05) is 6.54 Å². The van der Waals surface area contributed by atoms with Gasteiger partial charge in [-0.2, -0.15) is 18.4 Å². The molecule has 0 aliphatic rings. The maximum atomic E-state index is 12.7. The Morgan fingerprint density at radius 2 is 1.92 bits per heavy atom. The van der Waals surface area contributed by atoms with Crippen LogP contribution in [0.2, 0.25) is 0 Å². The highest BCUT2D eigenvalue weighted by molar-refractivity contribution is 5.79. The van der Waals surface area contributed by atoms with Crippen LogP contribution in [0.25, 0.3) is 0 Å². The molecule has 1 amide bonds. The molecule has 0 fully saturated rings. The van der Waals surface area contributed by atoms with Crippen LogP contribution in [0.15, 0.2) is 24.3 Å². The summed E-state index contributed by atoms with van der Waals surface area (Å²) in [6.07, 6.45) is -4.40. The lowest BCUT2D eigenvalue weighted by Crippen LogP contribution is -2.51. The molecule has 0 aromatic heterocycles. The fourth-order valence-corrected chi connectivity index (χ4v) is 1.98. The van der Waals surface area contributed by atoms with Crippen LogP contribution in [0.4, 0.5) is 13.2 Å². The van der Waals surface area contributed by atoms with Gasteiger partial charge in [-0.3, -0.25) is 4.79 Å². The fraction of sp³-hybridized carbons (Fsp3) is 0.529. The third kappa shape index (κ3) is 5.24. The molecule has 0 aliphatic carbocycles. The lowest BCUT2D eigenvalue weighted by atomic mass is 9.90. The summed E-state index contributed by atoms with van der Waals surface area (Å²) in [5.41, 5.74) is -1.28. The van der Waals surface area contributed by atoms with Crippen molar-refractivity contribution in [2.24, 2.45) is 5.92 Å². The summed E-state index contributed by atoms with van der Waals surface area (Å²) in [6.45, 7) is 6.85. The van der Waals surface area contributed by atoms with E-state index in [1.165, 1.54) is 6.07 Å². The number of hydrogen-bond donors (Lipinski definition) is 2. The molecule has 2 unspecified atom stereocenters. The summed E-state index contributed by atoms with van der Waals surface area (Å²) >= 11 is 0. The SMILES string of the molecule is CC(NCC(=O)NC(C)(C#N)C(C)C)c1cccc(C(F)(F)F)c1. The summed E-state index contributed by atoms with van der Waals surface area (Å²) in [5.74, 6) is -0.459. The smallest absolute Gasteiger partial charge is 0.337 e. The van der Waals surface area contributed by atoms with Gasteiger partial charge in [0, 0.05) is 6.04 Å². The van der Waals surface area contributed by atoms with Crippen LogP contribution in [0, 0.1) is 17.2 Å². The Balaban J connectivity index is 2.68. The van der Waals surface area contributed by atoms with E-state index in [0.29, 0.717) is 5.56 Å². The molecule has 132 valence electrons. The van der Waals surface area contributed by atoms with Crippen LogP contribution >= 0.6 is 0 Å². The number of carbonyl (C=O) groups excluding carboxylic acids is 1. The zero-order chi connectivity index (χ0) is 18.5. The Morgan fingerprint density at radius 3 is 2.42 bits per heavy atom. The minimum absolute atomic E-state index is 0.0765. The zero-order valence-corrected chi connectivity index (χ0v) is 14.2. The van der Waals surface area contributed by atoms with E-state index < -0.39 is 23.3 Å². The first-order chi connectivity index (χ1) is 11.0. The second-order valence-electron chi connectivity index (χ2n) is 6.24.